The Hall–Kier alpha value is -1.26. The fourth-order valence-corrected chi connectivity index (χ4v) is 5.16. The van der Waals surface area contributed by atoms with Crippen molar-refractivity contribution in [2.75, 3.05) is 0 Å². The summed E-state index contributed by atoms with van der Waals surface area (Å²) in [5.41, 5.74) is 2.84. The van der Waals surface area contributed by atoms with E-state index in [0.717, 1.165) is 30.7 Å². The molecular formula is C22H31ClN2O2. The number of nitrogens with one attached hydrogen (secondary N) is 2. The smallest absolute Gasteiger partial charge is 0.407 e. The summed E-state index contributed by atoms with van der Waals surface area (Å²) in [6.45, 7) is 5.69. The Morgan fingerprint density at radius 1 is 1.19 bits per heavy atom. The van der Waals surface area contributed by atoms with Crippen LogP contribution in [0.4, 0.5) is 4.79 Å². The van der Waals surface area contributed by atoms with Gasteiger partial charge in [-0.3, -0.25) is 0 Å². The highest BCUT2D eigenvalue weighted by molar-refractivity contribution is 6.30. The van der Waals surface area contributed by atoms with Crippen molar-refractivity contribution < 1.29 is 9.53 Å². The van der Waals surface area contributed by atoms with Crippen molar-refractivity contribution in [3.05, 3.63) is 34.3 Å². The molecule has 0 radical (unpaired) electrons. The number of carbonyl (C=O) groups excluding carboxylic acids is 1. The summed E-state index contributed by atoms with van der Waals surface area (Å²) in [7, 11) is 0. The molecule has 0 aliphatic heterocycles. The Labute approximate surface area is 167 Å². The highest BCUT2D eigenvalue weighted by Gasteiger charge is 2.58. The van der Waals surface area contributed by atoms with Gasteiger partial charge in [-0.1, -0.05) is 17.7 Å². The molecule has 148 valence electrons. The van der Waals surface area contributed by atoms with Crippen LogP contribution in [0.15, 0.2) is 18.2 Å². The van der Waals surface area contributed by atoms with Gasteiger partial charge in [0.15, 0.2) is 0 Å². The average molecular weight is 391 g/mol. The van der Waals surface area contributed by atoms with Crippen LogP contribution in [0.1, 0.15) is 70.4 Å². The Morgan fingerprint density at radius 2 is 1.89 bits per heavy atom. The summed E-state index contributed by atoms with van der Waals surface area (Å²) >= 11 is 6.25. The maximum atomic E-state index is 12.0. The molecule has 2 fully saturated rings. The lowest BCUT2D eigenvalue weighted by Gasteiger charge is -2.31. The predicted molar refractivity (Wildman–Crippen MR) is 108 cm³/mol. The van der Waals surface area contributed by atoms with Gasteiger partial charge in [-0.2, -0.15) is 0 Å². The van der Waals surface area contributed by atoms with Crippen molar-refractivity contribution in [1.82, 2.24) is 10.6 Å². The third-order valence-corrected chi connectivity index (χ3v) is 6.64. The quantitative estimate of drug-likeness (QED) is 0.784. The van der Waals surface area contributed by atoms with E-state index in [1.807, 2.05) is 26.8 Å². The number of hydrogen-bond donors (Lipinski definition) is 2. The van der Waals surface area contributed by atoms with E-state index in [1.165, 1.54) is 30.4 Å². The molecule has 0 aromatic heterocycles. The van der Waals surface area contributed by atoms with Crippen molar-refractivity contribution in [2.24, 2.45) is 0 Å². The number of aryl methyl sites for hydroxylation is 1. The van der Waals surface area contributed by atoms with Gasteiger partial charge in [0.25, 0.3) is 0 Å². The fraction of sp³-hybridized carbons (Fsp3) is 0.682. The molecule has 5 heteroatoms. The molecule has 0 heterocycles. The second kappa shape index (κ2) is 6.97. The topological polar surface area (TPSA) is 50.4 Å². The van der Waals surface area contributed by atoms with Crippen molar-refractivity contribution in [2.45, 2.75) is 94.9 Å². The Balaban J connectivity index is 1.26. The number of ether oxygens (including phenoxy) is 1. The number of amides is 1. The van der Waals surface area contributed by atoms with E-state index in [0.29, 0.717) is 17.5 Å². The summed E-state index contributed by atoms with van der Waals surface area (Å²) in [5, 5.41) is 7.80. The summed E-state index contributed by atoms with van der Waals surface area (Å²) in [6.07, 6.45) is 7.60. The van der Waals surface area contributed by atoms with Crippen molar-refractivity contribution in [3.63, 3.8) is 0 Å². The third kappa shape index (κ3) is 4.12. The molecule has 0 saturated heterocycles. The molecule has 2 saturated carbocycles. The van der Waals surface area contributed by atoms with Gasteiger partial charge in [-0.15, -0.1) is 0 Å². The first-order chi connectivity index (χ1) is 12.7. The van der Waals surface area contributed by atoms with Gasteiger partial charge in [-0.05, 0) is 89.0 Å². The normalized spacial score (nSPS) is 32.2. The van der Waals surface area contributed by atoms with Gasteiger partial charge < -0.3 is 15.4 Å². The van der Waals surface area contributed by atoms with E-state index >= 15 is 0 Å². The first-order valence-corrected chi connectivity index (χ1v) is 10.7. The summed E-state index contributed by atoms with van der Waals surface area (Å²) in [5.74, 6) is 0. The second-order valence-corrected chi connectivity index (χ2v) is 10.0. The molecule has 2 unspecified atom stereocenters. The van der Waals surface area contributed by atoms with E-state index in [1.54, 1.807) is 0 Å². The average Bonchev–Trinajstić information content (AvgIpc) is 3.15. The lowest BCUT2D eigenvalue weighted by atomic mass is 9.90. The van der Waals surface area contributed by atoms with Crippen LogP contribution in [0.25, 0.3) is 0 Å². The molecule has 1 aromatic carbocycles. The lowest BCUT2D eigenvalue weighted by Crippen LogP contribution is -2.45. The van der Waals surface area contributed by atoms with Crippen LogP contribution in [-0.4, -0.2) is 29.8 Å². The molecule has 3 aliphatic rings. The minimum atomic E-state index is -0.441. The van der Waals surface area contributed by atoms with E-state index in [9.17, 15) is 4.79 Å². The zero-order chi connectivity index (χ0) is 19.2. The molecule has 2 N–H and O–H groups in total. The summed E-state index contributed by atoms with van der Waals surface area (Å²) in [4.78, 5) is 12.0. The number of hydrogen-bond acceptors (Lipinski definition) is 3. The predicted octanol–water partition coefficient (Wildman–Crippen LogP) is 4.72. The van der Waals surface area contributed by atoms with E-state index < -0.39 is 5.60 Å². The number of benzene rings is 1. The standard InChI is InChI=1S/C22H31ClN2O2/c1-21(2,3)27-20(26)25-17-8-6-16(7-9-17)24-19-13-22(19)11-10-14-4-5-15(23)12-18(14)22/h4-5,12,16-17,19,24H,6-11,13H2,1-3H3,(H,25,26). The maximum absolute atomic E-state index is 12.0. The molecular weight excluding hydrogens is 360 g/mol. The van der Waals surface area contributed by atoms with Gasteiger partial charge in [-0.25, -0.2) is 4.79 Å². The molecule has 2 atom stereocenters. The summed E-state index contributed by atoms with van der Waals surface area (Å²) < 4.78 is 5.37. The van der Waals surface area contributed by atoms with Crippen molar-refractivity contribution in [3.8, 4) is 0 Å². The van der Waals surface area contributed by atoms with Crippen LogP contribution in [-0.2, 0) is 16.6 Å². The summed E-state index contributed by atoms with van der Waals surface area (Å²) in [6, 6.07) is 7.77. The molecule has 4 rings (SSSR count). The van der Waals surface area contributed by atoms with Crippen molar-refractivity contribution in [1.29, 1.82) is 0 Å². The zero-order valence-electron chi connectivity index (χ0n) is 16.6. The Bertz CT molecular complexity index is 722. The van der Waals surface area contributed by atoms with Crippen LogP contribution in [0.5, 0.6) is 0 Å². The molecule has 3 aliphatic carbocycles. The molecule has 1 aromatic rings. The van der Waals surface area contributed by atoms with Crippen LogP contribution in [0.3, 0.4) is 0 Å². The van der Waals surface area contributed by atoms with Gasteiger partial charge in [0.1, 0.15) is 5.60 Å². The van der Waals surface area contributed by atoms with E-state index in [-0.39, 0.29) is 12.1 Å². The van der Waals surface area contributed by atoms with Gasteiger partial charge in [0, 0.05) is 28.6 Å². The van der Waals surface area contributed by atoms with Crippen LogP contribution < -0.4 is 10.6 Å². The minimum absolute atomic E-state index is 0.233. The number of halogens is 1. The van der Waals surface area contributed by atoms with E-state index in [2.05, 4.69) is 22.8 Å². The van der Waals surface area contributed by atoms with Crippen LogP contribution >= 0.6 is 11.6 Å². The third-order valence-electron chi connectivity index (χ3n) is 6.41. The SMILES string of the molecule is CC(C)(C)OC(=O)NC1CCC(NC2CC23CCc2ccc(Cl)cc23)CC1. The van der Waals surface area contributed by atoms with Crippen LogP contribution in [0, 0.1) is 0 Å². The number of alkyl carbamates (subject to hydrolysis) is 1. The molecule has 1 amide bonds. The monoisotopic (exact) mass is 390 g/mol. The van der Waals surface area contributed by atoms with Gasteiger partial charge >= 0.3 is 6.09 Å². The minimum Gasteiger partial charge on any atom is -0.444 e. The van der Waals surface area contributed by atoms with Crippen LogP contribution in [0.2, 0.25) is 5.02 Å². The molecule has 4 nitrogen and oxygen atoms in total. The molecule has 27 heavy (non-hydrogen) atoms. The lowest BCUT2D eigenvalue weighted by molar-refractivity contribution is 0.0489. The first kappa shape index (κ1) is 19.1. The first-order valence-electron chi connectivity index (χ1n) is 10.3. The Kier molecular flexibility index (Phi) is 4.92. The highest BCUT2D eigenvalue weighted by atomic mass is 35.5. The zero-order valence-corrected chi connectivity index (χ0v) is 17.4. The number of carbonyl (C=O) groups is 1. The van der Waals surface area contributed by atoms with E-state index in [4.69, 9.17) is 16.3 Å². The largest absolute Gasteiger partial charge is 0.444 e. The number of rotatable bonds is 3. The van der Waals surface area contributed by atoms with Gasteiger partial charge in [0.2, 0.25) is 0 Å². The second-order valence-electron chi connectivity index (χ2n) is 9.58. The fourth-order valence-electron chi connectivity index (χ4n) is 4.98. The van der Waals surface area contributed by atoms with Crippen molar-refractivity contribution >= 4 is 17.7 Å². The highest BCUT2D eigenvalue weighted by Crippen LogP contribution is 2.57. The van der Waals surface area contributed by atoms with Gasteiger partial charge in [0.05, 0.1) is 0 Å². The Morgan fingerprint density at radius 3 is 2.59 bits per heavy atom. The molecule has 0 bridgehead atoms. The maximum Gasteiger partial charge on any atom is 0.407 e. The number of fused-ring (bicyclic) bond motifs is 2. The molecule has 1 spiro atoms.